The van der Waals surface area contributed by atoms with Crippen molar-refractivity contribution in [3.8, 4) is 6.07 Å². The Hall–Kier alpha value is -1.57. The zero-order valence-electron chi connectivity index (χ0n) is 15.0. The summed E-state index contributed by atoms with van der Waals surface area (Å²) in [5, 5.41) is 9.37. The molecule has 0 fully saturated rings. The molecule has 0 aromatic heterocycles. The summed E-state index contributed by atoms with van der Waals surface area (Å²) in [5.41, 5.74) is -1.45. The molecular formula is C17H29NO4. The maximum Gasteiger partial charge on any atom is 0.322 e. The second kappa shape index (κ2) is 7.62. The van der Waals surface area contributed by atoms with E-state index in [2.05, 4.69) is 6.07 Å². The lowest BCUT2D eigenvalue weighted by molar-refractivity contribution is -0.176. The summed E-state index contributed by atoms with van der Waals surface area (Å²) in [6, 6.07) is 2.07. The van der Waals surface area contributed by atoms with Gasteiger partial charge < -0.3 is 9.47 Å². The summed E-state index contributed by atoms with van der Waals surface area (Å²) in [6.45, 7) is 14.2. The molecule has 0 aromatic rings. The normalized spacial score (nSPS) is 13.7. The van der Waals surface area contributed by atoms with Crippen molar-refractivity contribution in [1.29, 1.82) is 5.26 Å². The molecule has 1 unspecified atom stereocenters. The van der Waals surface area contributed by atoms with E-state index in [0.29, 0.717) is 6.42 Å². The smallest absolute Gasteiger partial charge is 0.322 e. The molecule has 126 valence electrons. The predicted molar refractivity (Wildman–Crippen MR) is 83.7 cm³/mol. The Morgan fingerprint density at radius 3 is 1.55 bits per heavy atom. The summed E-state index contributed by atoms with van der Waals surface area (Å²) in [4.78, 5) is 24.8. The van der Waals surface area contributed by atoms with E-state index in [1.807, 2.05) is 13.8 Å². The lowest BCUT2D eigenvalue weighted by Gasteiger charge is -2.28. The molecule has 0 spiro atoms. The molecule has 5 nitrogen and oxygen atoms in total. The highest BCUT2D eigenvalue weighted by Gasteiger charge is 2.41. The van der Waals surface area contributed by atoms with Crippen LogP contribution in [0.15, 0.2) is 0 Å². The fourth-order valence-electron chi connectivity index (χ4n) is 1.93. The van der Waals surface area contributed by atoms with Crippen molar-refractivity contribution in [3.63, 3.8) is 0 Å². The van der Waals surface area contributed by atoms with Crippen molar-refractivity contribution in [2.45, 2.75) is 73.0 Å². The average Bonchev–Trinajstić information content (AvgIpc) is 2.21. The predicted octanol–water partition coefficient (Wildman–Crippen LogP) is 3.47. The Morgan fingerprint density at radius 2 is 1.32 bits per heavy atom. The third-order valence-electron chi connectivity index (χ3n) is 2.61. The Labute approximate surface area is 134 Å². The van der Waals surface area contributed by atoms with Gasteiger partial charge >= 0.3 is 11.9 Å². The van der Waals surface area contributed by atoms with Crippen LogP contribution in [0.25, 0.3) is 0 Å². The summed E-state index contributed by atoms with van der Waals surface area (Å²) < 4.78 is 10.6. The highest BCUT2D eigenvalue weighted by Crippen LogP contribution is 2.26. The molecule has 5 heteroatoms. The van der Waals surface area contributed by atoms with E-state index in [4.69, 9.17) is 9.47 Å². The molecule has 0 N–H and O–H groups in total. The molecule has 0 bridgehead atoms. The van der Waals surface area contributed by atoms with Gasteiger partial charge in [-0.05, 0) is 53.9 Å². The van der Waals surface area contributed by atoms with Crippen LogP contribution in [0.3, 0.4) is 0 Å². The zero-order chi connectivity index (χ0) is 17.7. The molecular weight excluding hydrogens is 282 g/mol. The van der Waals surface area contributed by atoms with Crippen molar-refractivity contribution in [2.75, 3.05) is 0 Å². The Balaban J connectivity index is 5.43. The van der Waals surface area contributed by atoms with E-state index >= 15 is 0 Å². The summed E-state index contributed by atoms with van der Waals surface area (Å²) in [7, 11) is 0. The summed E-state index contributed by atoms with van der Waals surface area (Å²) in [6.07, 6.45) is 0.430. The van der Waals surface area contributed by atoms with Crippen molar-refractivity contribution < 1.29 is 19.1 Å². The monoisotopic (exact) mass is 311 g/mol. The van der Waals surface area contributed by atoms with Crippen LogP contribution in [0, 0.1) is 29.1 Å². The molecule has 0 aliphatic heterocycles. The first kappa shape index (κ1) is 20.4. The van der Waals surface area contributed by atoms with Crippen molar-refractivity contribution in [3.05, 3.63) is 0 Å². The number of ether oxygens (including phenoxy) is 2. The number of carbonyl (C=O) groups excluding carboxylic acids is 2. The Morgan fingerprint density at radius 1 is 0.955 bits per heavy atom. The van der Waals surface area contributed by atoms with Crippen LogP contribution >= 0.6 is 0 Å². The maximum absolute atomic E-state index is 12.4. The minimum absolute atomic E-state index is 0.178. The van der Waals surface area contributed by atoms with Crippen LogP contribution in [-0.4, -0.2) is 23.1 Å². The molecule has 0 aliphatic carbocycles. The van der Waals surface area contributed by atoms with E-state index in [1.54, 1.807) is 41.5 Å². The number of nitriles is 1. The first-order valence-corrected chi connectivity index (χ1v) is 7.62. The van der Waals surface area contributed by atoms with Crippen LogP contribution in [0.5, 0.6) is 0 Å². The molecule has 1 atom stereocenters. The van der Waals surface area contributed by atoms with Gasteiger partial charge in [0.15, 0.2) is 5.92 Å². The molecule has 0 saturated heterocycles. The van der Waals surface area contributed by atoms with Gasteiger partial charge in [-0.1, -0.05) is 13.8 Å². The second-order valence-electron chi connectivity index (χ2n) is 7.91. The molecule has 0 radical (unpaired) electrons. The van der Waals surface area contributed by atoms with Crippen molar-refractivity contribution in [1.82, 2.24) is 0 Å². The van der Waals surface area contributed by atoms with E-state index in [1.165, 1.54) is 0 Å². The molecule has 0 rings (SSSR count). The summed E-state index contributed by atoms with van der Waals surface area (Å²) in [5.74, 6) is -3.20. The van der Waals surface area contributed by atoms with Crippen LogP contribution in [0.1, 0.15) is 61.8 Å². The zero-order valence-corrected chi connectivity index (χ0v) is 15.0. The minimum Gasteiger partial charge on any atom is -0.459 e. The first-order chi connectivity index (χ1) is 9.76. The van der Waals surface area contributed by atoms with Gasteiger partial charge in [0.1, 0.15) is 11.2 Å². The van der Waals surface area contributed by atoms with Gasteiger partial charge in [-0.25, -0.2) is 0 Å². The van der Waals surface area contributed by atoms with Gasteiger partial charge in [0.25, 0.3) is 0 Å². The molecule has 0 amide bonds. The summed E-state index contributed by atoms with van der Waals surface area (Å²) >= 11 is 0. The molecule has 0 heterocycles. The highest BCUT2D eigenvalue weighted by atomic mass is 16.6. The maximum atomic E-state index is 12.4. The molecule has 0 aromatic carbocycles. The Kier molecular flexibility index (Phi) is 7.08. The lowest BCUT2D eigenvalue weighted by Crippen LogP contribution is -2.40. The van der Waals surface area contributed by atoms with Crippen LogP contribution in [0.4, 0.5) is 0 Å². The molecule has 0 saturated carbocycles. The van der Waals surface area contributed by atoms with Gasteiger partial charge in [-0.2, -0.15) is 5.26 Å². The number of hydrogen-bond donors (Lipinski definition) is 0. The van der Waals surface area contributed by atoms with Gasteiger partial charge in [-0.15, -0.1) is 0 Å². The van der Waals surface area contributed by atoms with Crippen molar-refractivity contribution >= 4 is 11.9 Å². The quantitative estimate of drug-likeness (QED) is 0.574. The third-order valence-corrected chi connectivity index (χ3v) is 2.61. The first-order valence-electron chi connectivity index (χ1n) is 7.62. The number of nitrogens with zero attached hydrogens (tertiary/aromatic N) is 1. The van der Waals surface area contributed by atoms with Gasteiger partial charge in [0.05, 0.1) is 12.0 Å². The standard InChI is InChI=1S/C17H29NO4/c1-11(2)9-12(10-18)13(14(19)21-16(3,4)5)15(20)22-17(6,7)8/h11-13H,9H2,1-8H3. The van der Waals surface area contributed by atoms with E-state index in [-0.39, 0.29) is 5.92 Å². The van der Waals surface area contributed by atoms with E-state index in [9.17, 15) is 14.9 Å². The topological polar surface area (TPSA) is 76.4 Å². The lowest BCUT2D eigenvalue weighted by atomic mass is 9.86. The number of esters is 2. The number of hydrogen-bond acceptors (Lipinski definition) is 5. The highest BCUT2D eigenvalue weighted by molar-refractivity contribution is 5.96. The van der Waals surface area contributed by atoms with Crippen LogP contribution in [-0.2, 0) is 19.1 Å². The van der Waals surface area contributed by atoms with E-state index in [0.717, 1.165) is 0 Å². The third kappa shape index (κ3) is 8.02. The van der Waals surface area contributed by atoms with Gasteiger partial charge in [0.2, 0.25) is 0 Å². The largest absolute Gasteiger partial charge is 0.459 e. The molecule has 22 heavy (non-hydrogen) atoms. The number of rotatable bonds is 5. The SMILES string of the molecule is CC(C)CC(C#N)C(C(=O)OC(C)(C)C)C(=O)OC(C)(C)C. The van der Waals surface area contributed by atoms with Crippen molar-refractivity contribution in [2.24, 2.45) is 17.8 Å². The van der Waals surface area contributed by atoms with Gasteiger partial charge in [-0.3, -0.25) is 9.59 Å². The minimum atomic E-state index is -1.22. The fraction of sp³-hybridized carbons (Fsp3) is 0.824. The Bertz CT molecular complexity index is 407. The van der Waals surface area contributed by atoms with Crippen LogP contribution in [0.2, 0.25) is 0 Å². The average molecular weight is 311 g/mol. The molecule has 0 aliphatic rings. The second-order valence-corrected chi connectivity index (χ2v) is 7.91. The van der Waals surface area contributed by atoms with Crippen LogP contribution < -0.4 is 0 Å². The number of carbonyl (C=O) groups is 2. The van der Waals surface area contributed by atoms with Gasteiger partial charge in [0, 0.05) is 0 Å². The fourth-order valence-corrected chi connectivity index (χ4v) is 1.93. The van der Waals surface area contributed by atoms with E-state index < -0.39 is 35.0 Å².